The van der Waals surface area contributed by atoms with Crippen molar-refractivity contribution >= 4 is 23.5 Å². The molecular formula is C20H19F3N2O4. The third-order valence-electron chi connectivity index (χ3n) is 3.89. The van der Waals surface area contributed by atoms with Gasteiger partial charge in [0.1, 0.15) is 29.2 Å². The number of para-hydroxylation sites is 1. The number of halogens is 3. The van der Waals surface area contributed by atoms with Crippen LogP contribution in [0.5, 0.6) is 0 Å². The SMILES string of the molecule is CC(C)[C@H](NC(=O)c1ccc(F)cc1)C(=O)OCC(=O)Nc1c(F)cccc1F. The van der Waals surface area contributed by atoms with E-state index in [0.717, 1.165) is 30.3 Å². The van der Waals surface area contributed by atoms with Crippen molar-refractivity contribution in [2.45, 2.75) is 19.9 Å². The first-order valence-electron chi connectivity index (χ1n) is 8.66. The van der Waals surface area contributed by atoms with Crippen molar-refractivity contribution in [3.63, 3.8) is 0 Å². The van der Waals surface area contributed by atoms with Crippen LogP contribution in [0.25, 0.3) is 0 Å². The summed E-state index contributed by atoms with van der Waals surface area (Å²) in [7, 11) is 0. The Kier molecular flexibility index (Phi) is 7.35. The molecule has 2 rings (SSSR count). The minimum atomic E-state index is -1.09. The minimum absolute atomic E-state index is 0.137. The van der Waals surface area contributed by atoms with Gasteiger partial charge in [-0.05, 0) is 42.3 Å². The fourth-order valence-electron chi connectivity index (χ4n) is 2.34. The van der Waals surface area contributed by atoms with Gasteiger partial charge in [0.05, 0.1) is 0 Å². The van der Waals surface area contributed by atoms with Gasteiger partial charge < -0.3 is 15.4 Å². The molecule has 29 heavy (non-hydrogen) atoms. The molecule has 9 heteroatoms. The summed E-state index contributed by atoms with van der Waals surface area (Å²) < 4.78 is 44.9. The first-order chi connectivity index (χ1) is 13.7. The summed E-state index contributed by atoms with van der Waals surface area (Å²) in [5.41, 5.74) is -0.517. The van der Waals surface area contributed by atoms with Crippen LogP contribution in [0.1, 0.15) is 24.2 Å². The van der Waals surface area contributed by atoms with Gasteiger partial charge in [0, 0.05) is 5.56 Å². The molecule has 2 amide bonds. The van der Waals surface area contributed by atoms with Gasteiger partial charge in [-0.3, -0.25) is 9.59 Å². The Morgan fingerprint density at radius 1 is 0.966 bits per heavy atom. The van der Waals surface area contributed by atoms with Crippen molar-refractivity contribution in [1.82, 2.24) is 5.32 Å². The molecule has 0 spiro atoms. The Hall–Kier alpha value is -3.36. The average molecular weight is 408 g/mol. The monoisotopic (exact) mass is 408 g/mol. The second kappa shape index (κ2) is 9.72. The molecule has 0 aliphatic rings. The van der Waals surface area contributed by atoms with Gasteiger partial charge in [-0.1, -0.05) is 19.9 Å². The summed E-state index contributed by atoms with van der Waals surface area (Å²) >= 11 is 0. The van der Waals surface area contributed by atoms with Crippen molar-refractivity contribution in [2.24, 2.45) is 5.92 Å². The highest BCUT2D eigenvalue weighted by atomic mass is 19.1. The van der Waals surface area contributed by atoms with Gasteiger partial charge in [-0.25, -0.2) is 18.0 Å². The zero-order valence-corrected chi connectivity index (χ0v) is 15.7. The number of hydrogen-bond donors (Lipinski definition) is 2. The van der Waals surface area contributed by atoms with Gasteiger partial charge in [0.2, 0.25) is 0 Å². The highest BCUT2D eigenvalue weighted by molar-refractivity contribution is 5.97. The van der Waals surface area contributed by atoms with Gasteiger partial charge in [-0.2, -0.15) is 0 Å². The molecule has 0 aromatic heterocycles. The van der Waals surface area contributed by atoms with E-state index in [0.29, 0.717) is 0 Å². The van der Waals surface area contributed by atoms with E-state index < -0.39 is 53.6 Å². The lowest BCUT2D eigenvalue weighted by molar-refractivity contribution is -0.150. The number of hydrogen-bond acceptors (Lipinski definition) is 4. The molecule has 0 radical (unpaired) electrons. The van der Waals surface area contributed by atoms with Crippen molar-refractivity contribution in [3.8, 4) is 0 Å². The van der Waals surface area contributed by atoms with E-state index in [2.05, 4.69) is 5.32 Å². The van der Waals surface area contributed by atoms with Gasteiger partial charge in [0.15, 0.2) is 6.61 Å². The lowest BCUT2D eigenvalue weighted by Crippen LogP contribution is -2.46. The standard InChI is InChI=1S/C20H19F3N2O4/c1-11(2)17(25-19(27)12-6-8-13(21)9-7-12)20(28)29-10-16(26)24-18-14(22)4-3-5-15(18)23/h3-9,11,17H,10H2,1-2H3,(H,24,26)(H,25,27)/t17-/m0/s1. The Balaban J connectivity index is 1.96. The fraction of sp³-hybridized carbons (Fsp3) is 0.250. The first kappa shape index (κ1) is 21.9. The van der Waals surface area contributed by atoms with E-state index in [1.807, 2.05) is 5.32 Å². The molecule has 1 atom stereocenters. The van der Waals surface area contributed by atoms with E-state index in [-0.39, 0.29) is 11.5 Å². The maximum atomic E-state index is 13.5. The maximum absolute atomic E-state index is 13.5. The second-order valence-corrected chi connectivity index (χ2v) is 6.45. The van der Waals surface area contributed by atoms with E-state index in [9.17, 15) is 27.6 Å². The van der Waals surface area contributed by atoms with Gasteiger partial charge >= 0.3 is 5.97 Å². The van der Waals surface area contributed by atoms with Crippen LogP contribution in [0.3, 0.4) is 0 Å². The molecule has 0 saturated heterocycles. The molecule has 0 aliphatic carbocycles. The van der Waals surface area contributed by atoms with E-state index >= 15 is 0 Å². The Morgan fingerprint density at radius 3 is 2.10 bits per heavy atom. The Morgan fingerprint density at radius 2 is 1.55 bits per heavy atom. The van der Waals surface area contributed by atoms with Crippen LogP contribution in [0.4, 0.5) is 18.9 Å². The third-order valence-corrected chi connectivity index (χ3v) is 3.89. The molecule has 0 unspecified atom stereocenters. The highest BCUT2D eigenvalue weighted by Crippen LogP contribution is 2.17. The van der Waals surface area contributed by atoms with Crippen LogP contribution in [-0.4, -0.2) is 30.4 Å². The molecule has 0 saturated carbocycles. The first-order valence-corrected chi connectivity index (χ1v) is 8.66. The zero-order valence-electron chi connectivity index (χ0n) is 15.7. The van der Waals surface area contributed by atoms with E-state index in [1.165, 1.54) is 12.1 Å². The number of benzene rings is 2. The molecule has 154 valence electrons. The smallest absolute Gasteiger partial charge is 0.329 e. The quantitative estimate of drug-likeness (QED) is 0.690. The number of carbonyl (C=O) groups is 3. The summed E-state index contributed by atoms with van der Waals surface area (Å²) in [5, 5.41) is 4.44. The van der Waals surface area contributed by atoms with Crippen molar-refractivity contribution in [3.05, 3.63) is 65.5 Å². The third kappa shape index (κ3) is 6.06. The van der Waals surface area contributed by atoms with Crippen LogP contribution in [-0.2, 0) is 14.3 Å². The number of nitrogens with one attached hydrogen (secondary N) is 2. The van der Waals surface area contributed by atoms with Crippen molar-refractivity contribution in [2.75, 3.05) is 11.9 Å². The minimum Gasteiger partial charge on any atom is -0.454 e. The fourth-order valence-corrected chi connectivity index (χ4v) is 2.34. The summed E-state index contributed by atoms with van der Waals surface area (Å²) in [4.78, 5) is 36.3. The number of esters is 1. The van der Waals surface area contributed by atoms with Crippen LogP contribution < -0.4 is 10.6 Å². The molecular weight excluding hydrogens is 389 g/mol. The van der Waals surface area contributed by atoms with Crippen LogP contribution in [0, 0.1) is 23.4 Å². The molecule has 0 heterocycles. The number of rotatable bonds is 7. The largest absolute Gasteiger partial charge is 0.454 e. The van der Waals surface area contributed by atoms with Crippen LogP contribution in [0.2, 0.25) is 0 Å². The van der Waals surface area contributed by atoms with E-state index in [4.69, 9.17) is 4.74 Å². The van der Waals surface area contributed by atoms with Crippen molar-refractivity contribution in [1.29, 1.82) is 0 Å². The molecule has 2 aromatic rings. The second-order valence-electron chi connectivity index (χ2n) is 6.45. The lowest BCUT2D eigenvalue weighted by Gasteiger charge is -2.20. The molecule has 2 N–H and O–H groups in total. The van der Waals surface area contributed by atoms with Crippen molar-refractivity contribution < 1.29 is 32.3 Å². The van der Waals surface area contributed by atoms with Crippen LogP contribution >= 0.6 is 0 Å². The summed E-state index contributed by atoms with van der Waals surface area (Å²) in [5.74, 6) is -5.34. The lowest BCUT2D eigenvalue weighted by atomic mass is 10.0. The topological polar surface area (TPSA) is 84.5 Å². The Bertz CT molecular complexity index is 881. The van der Waals surface area contributed by atoms with Crippen LogP contribution in [0.15, 0.2) is 42.5 Å². The van der Waals surface area contributed by atoms with Gasteiger partial charge in [0.25, 0.3) is 11.8 Å². The average Bonchev–Trinajstić information content (AvgIpc) is 2.67. The number of amides is 2. The molecule has 6 nitrogen and oxygen atoms in total. The number of anilines is 1. The number of carbonyl (C=O) groups excluding carboxylic acids is 3. The van der Waals surface area contributed by atoms with E-state index in [1.54, 1.807) is 13.8 Å². The molecule has 0 aliphatic heterocycles. The Labute approximate surface area is 165 Å². The van der Waals surface area contributed by atoms with Gasteiger partial charge in [-0.15, -0.1) is 0 Å². The predicted octanol–water partition coefficient (Wildman–Crippen LogP) is 3.04. The molecule has 0 fully saturated rings. The highest BCUT2D eigenvalue weighted by Gasteiger charge is 2.27. The molecule has 0 bridgehead atoms. The summed E-state index contributed by atoms with van der Waals surface area (Å²) in [6.45, 7) is 2.49. The summed E-state index contributed by atoms with van der Waals surface area (Å²) in [6.07, 6.45) is 0. The zero-order chi connectivity index (χ0) is 21.6. The maximum Gasteiger partial charge on any atom is 0.329 e. The normalized spacial score (nSPS) is 11.7. The molecule has 2 aromatic carbocycles. The summed E-state index contributed by atoms with van der Waals surface area (Å²) in [6, 6.07) is 6.68. The predicted molar refractivity (Wildman–Crippen MR) is 98.4 cm³/mol. The number of ether oxygens (including phenoxy) is 1.